The number of imidazole rings is 1. The highest BCUT2D eigenvalue weighted by Gasteiger charge is 2.15. The number of anilines is 1. The van der Waals surface area contributed by atoms with Gasteiger partial charge in [-0.3, -0.25) is 9.78 Å². The summed E-state index contributed by atoms with van der Waals surface area (Å²) in [5.41, 5.74) is 1.43. The Kier molecular flexibility index (Phi) is 3.62. The summed E-state index contributed by atoms with van der Waals surface area (Å²) in [6.07, 6.45) is 5.81. The number of carbonyl (C=O) groups is 1. The van der Waals surface area contributed by atoms with E-state index in [0.717, 1.165) is 0 Å². The van der Waals surface area contributed by atoms with Crippen LogP contribution in [-0.4, -0.2) is 30.5 Å². The van der Waals surface area contributed by atoms with E-state index in [1.807, 2.05) is 0 Å². The number of nitrogens with one attached hydrogen (secondary N) is 1. The largest absolute Gasteiger partial charge is 0.304 e. The van der Waals surface area contributed by atoms with Gasteiger partial charge in [0.2, 0.25) is 0 Å². The molecule has 1 amide bonds. The molecule has 0 aliphatic rings. The monoisotopic (exact) mass is 334 g/mol. The van der Waals surface area contributed by atoms with Gasteiger partial charge < -0.3 is 5.32 Å². The second-order valence-electron chi connectivity index (χ2n) is 5.16. The molecule has 0 saturated heterocycles. The van der Waals surface area contributed by atoms with Gasteiger partial charge in [-0.15, -0.1) is 0 Å². The van der Waals surface area contributed by atoms with Crippen LogP contribution in [0.1, 0.15) is 10.5 Å². The molecule has 1 aromatic carbocycles. The number of rotatable bonds is 3. The standard InChI is InChI=1S/C17H11FN6O/c18-12-4-2-1-3-11(12)13-5-6-16-21-9-14(24(16)23-13)17(25)22-15-10-19-7-8-20-15/h1-10H,(H,20,22,25). The lowest BCUT2D eigenvalue weighted by Crippen LogP contribution is -2.16. The number of fused-ring (bicyclic) bond motifs is 1. The molecule has 0 bridgehead atoms. The normalized spacial score (nSPS) is 10.8. The fourth-order valence-corrected chi connectivity index (χ4v) is 2.38. The number of carbonyl (C=O) groups excluding carboxylic acids is 1. The van der Waals surface area contributed by atoms with Crippen molar-refractivity contribution >= 4 is 17.4 Å². The summed E-state index contributed by atoms with van der Waals surface area (Å²) in [5.74, 6) is -0.515. The summed E-state index contributed by atoms with van der Waals surface area (Å²) in [6, 6.07) is 9.64. The third-order valence-electron chi connectivity index (χ3n) is 3.55. The summed E-state index contributed by atoms with van der Waals surface area (Å²) >= 11 is 0. The van der Waals surface area contributed by atoms with Crippen molar-refractivity contribution in [1.29, 1.82) is 0 Å². The third kappa shape index (κ3) is 2.80. The SMILES string of the molecule is O=C(Nc1cnccn1)c1cnc2ccc(-c3ccccc3F)nn12. The van der Waals surface area contributed by atoms with E-state index in [2.05, 4.69) is 25.4 Å². The van der Waals surface area contributed by atoms with Gasteiger partial charge in [-0.1, -0.05) is 12.1 Å². The van der Waals surface area contributed by atoms with E-state index < -0.39 is 5.91 Å². The number of benzene rings is 1. The minimum absolute atomic E-state index is 0.207. The van der Waals surface area contributed by atoms with Gasteiger partial charge in [-0.05, 0) is 24.3 Å². The summed E-state index contributed by atoms with van der Waals surface area (Å²) in [7, 11) is 0. The van der Waals surface area contributed by atoms with Crippen LogP contribution in [-0.2, 0) is 0 Å². The van der Waals surface area contributed by atoms with Gasteiger partial charge in [0.15, 0.2) is 17.2 Å². The van der Waals surface area contributed by atoms with Gasteiger partial charge in [0.25, 0.3) is 5.91 Å². The maximum Gasteiger partial charge on any atom is 0.277 e. The minimum Gasteiger partial charge on any atom is -0.304 e. The van der Waals surface area contributed by atoms with Crippen LogP contribution < -0.4 is 5.32 Å². The van der Waals surface area contributed by atoms with E-state index in [9.17, 15) is 9.18 Å². The Morgan fingerprint density at radius 3 is 2.72 bits per heavy atom. The van der Waals surface area contributed by atoms with Crippen LogP contribution in [0.2, 0.25) is 0 Å². The highest BCUT2D eigenvalue weighted by molar-refractivity contribution is 6.02. The molecule has 0 spiro atoms. The smallest absolute Gasteiger partial charge is 0.277 e. The molecule has 25 heavy (non-hydrogen) atoms. The van der Waals surface area contributed by atoms with Crippen molar-refractivity contribution in [3.8, 4) is 11.3 Å². The predicted molar refractivity (Wildman–Crippen MR) is 88.4 cm³/mol. The second kappa shape index (κ2) is 6.08. The molecule has 4 aromatic rings. The Morgan fingerprint density at radius 2 is 1.92 bits per heavy atom. The third-order valence-corrected chi connectivity index (χ3v) is 3.55. The van der Waals surface area contributed by atoms with E-state index >= 15 is 0 Å². The Balaban J connectivity index is 1.74. The molecule has 0 aliphatic heterocycles. The molecule has 0 saturated carbocycles. The topological polar surface area (TPSA) is 85.1 Å². The molecule has 3 aromatic heterocycles. The highest BCUT2D eigenvalue weighted by Crippen LogP contribution is 2.21. The second-order valence-corrected chi connectivity index (χ2v) is 5.16. The Hall–Kier alpha value is -3.68. The van der Waals surface area contributed by atoms with Gasteiger partial charge >= 0.3 is 0 Å². The molecule has 0 atom stereocenters. The number of hydrogen-bond acceptors (Lipinski definition) is 5. The summed E-state index contributed by atoms with van der Waals surface area (Å²) < 4.78 is 15.4. The van der Waals surface area contributed by atoms with Crippen molar-refractivity contribution in [1.82, 2.24) is 24.6 Å². The zero-order valence-corrected chi connectivity index (χ0v) is 12.8. The molecule has 3 heterocycles. The van der Waals surface area contributed by atoms with Gasteiger partial charge in [0.1, 0.15) is 5.82 Å². The lowest BCUT2D eigenvalue weighted by molar-refractivity contribution is 0.102. The van der Waals surface area contributed by atoms with E-state index in [1.165, 1.54) is 35.4 Å². The van der Waals surface area contributed by atoms with Crippen LogP contribution in [0.5, 0.6) is 0 Å². The Bertz CT molecular complexity index is 1060. The lowest BCUT2D eigenvalue weighted by atomic mass is 10.1. The van der Waals surface area contributed by atoms with Crippen molar-refractivity contribution in [2.45, 2.75) is 0 Å². The van der Waals surface area contributed by atoms with E-state index in [1.54, 1.807) is 30.3 Å². The first-order chi connectivity index (χ1) is 12.2. The molecule has 4 rings (SSSR count). The summed E-state index contributed by atoms with van der Waals surface area (Å²) in [4.78, 5) is 24.5. The van der Waals surface area contributed by atoms with Crippen LogP contribution in [0.4, 0.5) is 10.2 Å². The molecule has 8 heteroatoms. The Labute approximate surface area is 141 Å². The Morgan fingerprint density at radius 1 is 1.04 bits per heavy atom. The van der Waals surface area contributed by atoms with Crippen LogP contribution in [0, 0.1) is 5.82 Å². The zero-order chi connectivity index (χ0) is 17.2. The van der Waals surface area contributed by atoms with Crippen LogP contribution in [0.15, 0.2) is 61.2 Å². The highest BCUT2D eigenvalue weighted by atomic mass is 19.1. The number of aromatic nitrogens is 5. The van der Waals surface area contributed by atoms with Crippen molar-refractivity contribution in [2.75, 3.05) is 5.32 Å². The lowest BCUT2D eigenvalue weighted by Gasteiger charge is -2.06. The average molecular weight is 334 g/mol. The van der Waals surface area contributed by atoms with Crippen LogP contribution in [0.3, 0.4) is 0 Å². The molecular weight excluding hydrogens is 323 g/mol. The van der Waals surface area contributed by atoms with Gasteiger partial charge in [0.05, 0.1) is 18.1 Å². The maximum atomic E-state index is 14.0. The fourth-order valence-electron chi connectivity index (χ4n) is 2.38. The summed E-state index contributed by atoms with van der Waals surface area (Å²) in [6.45, 7) is 0. The number of amides is 1. The number of halogens is 1. The predicted octanol–water partition coefficient (Wildman–Crippen LogP) is 2.58. The average Bonchev–Trinajstić information content (AvgIpc) is 3.06. The molecule has 0 aliphatic carbocycles. The molecule has 7 nitrogen and oxygen atoms in total. The minimum atomic E-state index is -0.439. The molecule has 0 radical (unpaired) electrons. The van der Waals surface area contributed by atoms with E-state index in [-0.39, 0.29) is 11.5 Å². The van der Waals surface area contributed by atoms with Crippen molar-refractivity contribution in [3.05, 3.63) is 72.7 Å². The quantitative estimate of drug-likeness (QED) is 0.622. The number of hydrogen-bond donors (Lipinski definition) is 1. The zero-order valence-electron chi connectivity index (χ0n) is 12.8. The van der Waals surface area contributed by atoms with Crippen molar-refractivity contribution < 1.29 is 9.18 Å². The van der Waals surface area contributed by atoms with E-state index in [4.69, 9.17) is 0 Å². The molecule has 1 N–H and O–H groups in total. The maximum absolute atomic E-state index is 14.0. The first-order valence-corrected chi connectivity index (χ1v) is 7.39. The van der Waals surface area contributed by atoms with Gasteiger partial charge in [0, 0.05) is 18.0 Å². The molecular formula is C17H11FN6O. The van der Waals surface area contributed by atoms with Crippen molar-refractivity contribution in [3.63, 3.8) is 0 Å². The van der Waals surface area contributed by atoms with Gasteiger partial charge in [-0.25, -0.2) is 18.9 Å². The molecule has 0 unspecified atom stereocenters. The van der Waals surface area contributed by atoms with E-state index in [0.29, 0.717) is 22.7 Å². The summed E-state index contributed by atoms with van der Waals surface area (Å²) in [5, 5.41) is 6.97. The fraction of sp³-hybridized carbons (Fsp3) is 0. The molecule has 122 valence electrons. The van der Waals surface area contributed by atoms with Crippen molar-refractivity contribution in [2.24, 2.45) is 0 Å². The first-order valence-electron chi connectivity index (χ1n) is 7.39. The van der Waals surface area contributed by atoms with Crippen LogP contribution in [0.25, 0.3) is 16.9 Å². The van der Waals surface area contributed by atoms with Gasteiger partial charge in [-0.2, -0.15) is 5.10 Å². The van der Waals surface area contributed by atoms with Crippen LogP contribution >= 0.6 is 0 Å². The first kappa shape index (κ1) is 14.9. The number of nitrogens with zero attached hydrogens (tertiary/aromatic N) is 5. The molecule has 0 fully saturated rings.